The van der Waals surface area contributed by atoms with E-state index in [4.69, 9.17) is 28.2 Å². The molecule has 2 aromatic rings. The lowest BCUT2D eigenvalue weighted by Crippen LogP contribution is -2.58. The maximum absolute atomic E-state index is 9.47. The van der Waals surface area contributed by atoms with E-state index in [9.17, 15) is 5.26 Å². The van der Waals surface area contributed by atoms with Crippen LogP contribution in [0, 0.1) is 11.3 Å². The minimum absolute atomic E-state index is 0.482. The Morgan fingerprint density at radius 1 is 1.14 bits per heavy atom. The predicted octanol–water partition coefficient (Wildman–Crippen LogP) is 4.18. The Morgan fingerprint density at radius 3 is 2.67 bits per heavy atom. The second-order valence-electron chi connectivity index (χ2n) is 9.85. The fraction of sp³-hybridized carbons (Fsp3) is 0.519. The van der Waals surface area contributed by atoms with E-state index in [2.05, 4.69) is 38.0 Å². The zero-order chi connectivity index (χ0) is 25.1. The summed E-state index contributed by atoms with van der Waals surface area (Å²) in [4.78, 5) is 16.7. The van der Waals surface area contributed by atoms with Crippen molar-refractivity contribution in [1.29, 1.82) is 5.26 Å². The van der Waals surface area contributed by atoms with Crippen LogP contribution in [0.25, 0.3) is 0 Å². The number of pyridine rings is 1. The standard InChI is InChI=1S/C27H33Cl2N7/c1-2-23-18-35(27-25(29)14-21(16-33-27)26-31-7-8-32-26)11-12-36(23)24-5-9-34(10-6-24)17-19-3-4-22(28)13-20(19)15-30/h3-4,13-14,16,23-24H,2,5-12,17-18H2,1H3,(H,31,32). The third-order valence-electron chi connectivity index (χ3n) is 7.68. The maximum atomic E-state index is 9.47. The van der Waals surface area contributed by atoms with E-state index >= 15 is 0 Å². The molecule has 190 valence electrons. The number of likely N-dealkylation sites (tertiary alicyclic amines) is 1. The van der Waals surface area contributed by atoms with Crippen LogP contribution < -0.4 is 10.2 Å². The van der Waals surface area contributed by atoms with Gasteiger partial charge in [-0.2, -0.15) is 5.26 Å². The van der Waals surface area contributed by atoms with Crippen LogP contribution in [0.3, 0.4) is 0 Å². The van der Waals surface area contributed by atoms with Gasteiger partial charge in [-0.15, -0.1) is 0 Å². The smallest absolute Gasteiger partial charge is 0.147 e. The summed E-state index contributed by atoms with van der Waals surface area (Å²) in [6, 6.07) is 11.0. The third kappa shape index (κ3) is 5.47. The Kier molecular flexibility index (Phi) is 7.97. The average molecular weight is 527 g/mol. The number of nitrogens with one attached hydrogen (secondary N) is 1. The first-order chi connectivity index (χ1) is 17.6. The SMILES string of the molecule is CCC1CN(c2ncc(C3=NCCN3)cc2Cl)CCN1C1CCN(Cc2ccc(Cl)cc2C#N)CC1. The first-order valence-electron chi connectivity index (χ1n) is 12.9. The van der Waals surface area contributed by atoms with Crippen LogP contribution in [0.1, 0.15) is 42.9 Å². The number of anilines is 1. The van der Waals surface area contributed by atoms with E-state index in [1.807, 2.05) is 24.4 Å². The summed E-state index contributed by atoms with van der Waals surface area (Å²) in [7, 11) is 0. The van der Waals surface area contributed by atoms with E-state index < -0.39 is 0 Å². The molecule has 3 aliphatic heterocycles. The molecule has 0 saturated carbocycles. The summed E-state index contributed by atoms with van der Waals surface area (Å²) in [5, 5.41) is 14.1. The molecule has 2 saturated heterocycles. The molecule has 0 spiro atoms. The number of benzene rings is 1. The first-order valence-corrected chi connectivity index (χ1v) is 13.7. The van der Waals surface area contributed by atoms with Gasteiger partial charge in [0, 0.05) is 61.6 Å². The lowest BCUT2D eigenvalue weighted by Gasteiger charge is -2.47. The van der Waals surface area contributed by atoms with Crippen LogP contribution in [-0.2, 0) is 6.54 Å². The van der Waals surface area contributed by atoms with Crippen LogP contribution in [0.4, 0.5) is 5.82 Å². The number of hydrogen-bond donors (Lipinski definition) is 1. The number of amidine groups is 1. The van der Waals surface area contributed by atoms with E-state index in [1.54, 1.807) is 6.07 Å². The van der Waals surface area contributed by atoms with Crippen molar-refractivity contribution in [2.24, 2.45) is 4.99 Å². The molecule has 7 nitrogen and oxygen atoms in total. The lowest BCUT2D eigenvalue weighted by atomic mass is 9.97. The minimum Gasteiger partial charge on any atom is -0.368 e. The van der Waals surface area contributed by atoms with Gasteiger partial charge in [0.2, 0.25) is 0 Å². The maximum Gasteiger partial charge on any atom is 0.147 e. The number of aliphatic imine (C=N–C) groups is 1. The highest BCUT2D eigenvalue weighted by Crippen LogP contribution is 2.30. The summed E-state index contributed by atoms with van der Waals surface area (Å²) in [5.41, 5.74) is 2.70. The van der Waals surface area contributed by atoms with Crippen molar-refractivity contribution in [3.05, 3.63) is 57.2 Å². The number of rotatable bonds is 6. The van der Waals surface area contributed by atoms with Crippen molar-refractivity contribution < 1.29 is 0 Å². The molecular formula is C27H33Cl2N7. The summed E-state index contributed by atoms with van der Waals surface area (Å²) in [6.45, 7) is 9.74. The summed E-state index contributed by atoms with van der Waals surface area (Å²) in [5.74, 6) is 1.77. The van der Waals surface area contributed by atoms with Crippen LogP contribution in [0.15, 0.2) is 35.5 Å². The van der Waals surface area contributed by atoms with E-state index in [0.29, 0.717) is 27.7 Å². The van der Waals surface area contributed by atoms with Gasteiger partial charge in [0.25, 0.3) is 0 Å². The van der Waals surface area contributed by atoms with E-state index in [-0.39, 0.29) is 0 Å². The van der Waals surface area contributed by atoms with E-state index in [0.717, 1.165) is 94.4 Å². The average Bonchev–Trinajstić information content (AvgIpc) is 3.45. The van der Waals surface area contributed by atoms with Gasteiger partial charge in [-0.05, 0) is 56.1 Å². The Labute approximate surface area is 223 Å². The highest BCUT2D eigenvalue weighted by Gasteiger charge is 2.34. The topological polar surface area (TPSA) is 70.8 Å². The Morgan fingerprint density at radius 2 is 1.97 bits per heavy atom. The Balaban J connectivity index is 1.18. The van der Waals surface area contributed by atoms with Crippen molar-refractivity contribution in [2.75, 3.05) is 50.7 Å². The highest BCUT2D eigenvalue weighted by molar-refractivity contribution is 6.33. The molecule has 2 fully saturated rings. The molecular weight excluding hydrogens is 493 g/mol. The van der Waals surface area contributed by atoms with Crippen LogP contribution in [0.5, 0.6) is 0 Å². The third-order valence-corrected chi connectivity index (χ3v) is 8.19. The van der Waals surface area contributed by atoms with Gasteiger partial charge in [0.05, 0.1) is 23.2 Å². The van der Waals surface area contributed by atoms with Crippen LogP contribution >= 0.6 is 23.2 Å². The van der Waals surface area contributed by atoms with Crippen LogP contribution in [0.2, 0.25) is 10.0 Å². The Bertz CT molecular complexity index is 1150. The van der Waals surface area contributed by atoms with Gasteiger partial charge in [-0.25, -0.2) is 4.98 Å². The summed E-state index contributed by atoms with van der Waals surface area (Å²) >= 11 is 12.8. The zero-order valence-electron chi connectivity index (χ0n) is 20.8. The van der Waals surface area contributed by atoms with Crippen molar-refractivity contribution in [1.82, 2.24) is 20.1 Å². The number of hydrogen-bond acceptors (Lipinski definition) is 7. The molecule has 1 aromatic carbocycles. The number of nitrogens with zero attached hydrogens (tertiary/aromatic N) is 6. The molecule has 1 atom stereocenters. The zero-order valence-corrected chi connectivity index (χ0v) is 22.3. The number of piperazine rings is 1. The summed E-state index contributed by atoms with van der Waals surface area (Å²) < 4.78 is 0. The molecule has 1 aromatic heterocycles. The molecule has 3 aliphatic rings. The van der Waals surface area contributed by atoms with Gasteiger partial charge in [0.15, 0.2) is 0 Å². The molecule has 0 bridgehead atoms. The molecule has 0 radical (unpaired) electrons. The number of piperidine rings is 1. The fourth-order valence-electron chi connectivity index (χ4n) is 5.73. The van der Waals surface area contributed by atoms with Gasteiger partial charge < -0.3 is 10.2 Å². The molecule has 5 rings (SSSR count). The van der Waals surface area contributed by atoms with Gasteiger partial charge in [-0.1, -0.05) is 36.2 Å². The van der Waals surface area contributed by atoms with Crippen molar-refractivity contribution in [3.63, 3.8) is 0 Å². The number of halogens is 2. The molecule has 0 amide bonds. The normalized spacial score (nSPS) is 21.8. The van der Waals surface area contributed by atoms with Crippen molar-refractivity contribution in [2.45, 2.75) is 44.8 Å². The quantitative estimate of drug-likeness (QED) is 0.610. The molecule has 1 N–H and O–H groups in total. The molecule has 0 aliphatic carbocycles. The minimum atomic E-state index is 0.482. The molecule has 1 unspecified atom stereocenters. The van der Waals surface area contributed by atoms with Gasteiger partial charge >= 0.3 is 0 Å². The number of aromatic nitrogens is 1. The summed E-state index contributed by atoms with van der Waals surface area (Å²) in [6.07, 6.45) is 5.28. The van der Waals surface area contributed by atoms with Crippen molar-refractivity contribution in [3.8, 4) is 6.07 Å². The van der Waals surface area contributed by atoms with Crippen LogP contribution in [-0.4, -0.2) is 78.5 Å². The monoisotopic (exact) mass is 525 g/mol. The molecule has 9 heteroatoms. The van der Waals surface area contributed by atoms with Crippen molar-refractivity contribution >= 4 is 34.9 Å². The number of nitriles is 1. The second-order valence-corrected chi connectivity index (χ2v) is 10.7. The predicted molar refractivity (Wildman–Crippen MR) is 146 cm³/mol. The molecule has 36 heavy (non-hydrogen) atoms. The van der Waals surface area contributed by atoms with E-state index in [1.165, 1.54) is 0 Å². The highest BCUT2D eigenvalue weighted by atomic mass is 35.5. The fourth-order valence-corrected chi connectivity index (χ4v) is 6.19. The second kappa shape index (κ2) is 11.4. The van der Waals surface area contributed by atoms with Gasteiger partial charge in [-0.3, -0.25) is 14.8 Å². The largest absolute Gasteiger partial charge is 0.368 e. The first kappa shape index (κ1) is 25.3. The Hall–Kier alpha value is -2.37. The molecule has 4 heterocycles. The van der Waals surface area contributed by atoms with Gasteiger partial charge in [0.1, 0.15) is 11.7 Å². The lowest BCUT2D eigenvalue weighted by molar-refractivity contribution is 0.0610.